The van der Waals surface area contributed by atoms with Gasteiger partial charge in [-0.3, -0.25) is 9.52 Å². The highest BCUT2D eigenvalue weighted by Gasteiger charge is 2.15. The van der Waals surface area contributed by atoms with Crippen molar-refractivity contribution < 1.29 is 17.9 Å². The molecular formula is C15H17N3O4S. The number of carbonyl (C=O) groups is 1. The van der Waals surface area contributed by atoms with Gasteiger partial charge in [0.1, 0.15) is 11.6 Å². The molecule has 122 valence electrons. The number of anilines is 1. The second-order valence-corrected chi connectivity index (χ2v) is 6.55. The van der Waals surface area contributed by atoms with E-state index in [4.69, 9.17) is 4.74 Å². The van der Waals surface area contributed by atoms with Crippen LogP contribution in [0.1, 0.15) is 0 Å². The third-order valence-corrected chi connectivity index (χ3v) is 4.27. The molecule has 0 aliphatic rings. The Bertz CT molecular complexity index is 759. The van der Waals surface area contributed by atoms with Crippen molar-refractivity contribution in [3.05, 3.63) is 48.7 Å². The van der Waals surface area contributed by atoms with Crippen LogP contribution >= 0.6 is 0 Å². The molecule has 1 aromatic heterocycles. The largest absolute Gasteiger partial charge is 0.484 e. The van der Waals surface area contributed by atoms with Crippen molar-refractivity contribution in [2.75, 3.05) is 25.4 Å². The minimum atomic E-state index is -3.72. The van der Waals surface area contributed by atoms with E-state index < -0.39 is 10.0 Å². The van der Waals surface area contributed by atoms with Crippen LogP contribution in [0.2, 0.25) is 0 Å². The molecule has 0 fully saturated rings. The third-order valence-electron chi connectivity index (χ3n) is 2.90. The number of nitrogens with zero attached hydrogens (tertiary/aromatic N) is 2. The molecule has 2 aromatic rings. The van der Waals surface area contributed by atoms with Gasteiger partial charge in [0.25, 0.3) is 15.9 Å². The van der Waals surface area contributed by atoms with Crippen molar-refractivity contribution in [1.82, 2.24) is 9.88 Å². The van der Waals surface area contributed by atoms with E-state index in [9.17, 15) is 13.2 Å². The van der Waals surface area contributed by atoms with Gasteiger partial charge < -0.3 is 9.64 Å². The van der Waals surface area contributed by atoms with Gasteiger partial charge in [0, 0.05) is 20.3 Å². The number of amides is 1. The molecule has 0 unspecified atom stereocenters. The van der Waals surface area contributed by atoms with E-state index >= 15 is 0 Å². The molecule has 0 radical (unpaired) electrons. The molecule has 1 aromatic carbocycles. The van der Waals surface area contributed by atoms with Crippen LogP contribution in [0.4, 0.5) is 5.82 Å². The molecule has 7 nitrogen and oxygen atoms in total. The topological polar surface area (TPSA) is 88.6 Å². The van der Waals surface area contributed by atoms with Crippen LogP contribution in [-0.2, 0) is 14.8 Å². The van der Waals surface area contributed by atoms with Crippen molar-refractivity contribution in [1.29, 1.82) is 0 Å². The summed E-state index contributed by atoms with van der Waals surface area (Å²) in [6, 6.07) is 10.7. The maximum absolute atomic E-state index is 12.2. The van der Waals surface area contributed by atoms with E-state index in [1.165, 1.54) is 35.4 Å². The van der Waals surface area contributed by atoms with Crippen molar-refractivity contribution in [3.63, 3.8) is 0 Å². The van der Waals surface area contributed by atoms with E-state index in [0.29, 0.717) is 5.75 Å². The standard InChI is InChI=1S/C15H17N3O4S/c1-18(2)15(19)11-22-12-6-8-13(9-7-12)23(20,21)17-14-5-3-4-10-16-14/h3-10H,11H2,1-2H3,(H,16,17). The molecule has 0 aliphatic carbocycles. The average Bonchev–Trinajstić information content (AvgIpc) is 2.53. The molecule has 0 bridgehead atoms. The first-order valence-electron chi connectivity index (χ1n) is 6.75. The van der Waals surface area contributed by atoms with Gasteiger partial charge in [0.15, 0.2) is 6.61 Å². The summed E-state index contributed by atoms with van der Waals surface area (Å²) in [5, 5.41) is 0. The molecule has 8 heteroatoms. The molecule has 0 atom stereocenters. The monoisotopic (exact) mass is 335 g/mol. The quantitative estimate of drug-likeness (QED) is 0.861. The van der Waals surface area contributed by atoms with Crippen LogP contribution in [0, 0.1) is 0 Å². The number of hydrogen-bond acceptors (Lipinski definition) is 5. The lowest BCUT2D eigenvalue weighted by molar-refractivity contribution is -0.130. The van der Waals surface area contributed by atoms with Gasteiger partial charge in [-0.05, 0) is 36.4 Å². The summed E-state index contributed by atoms with van der Waals surface area (Å²) < 4.78 is 32.1. The summed E-state index contributed by atoms with van der Waals surface area (Å²) in [5.74, 6) is 0.472. The lowest BCUT2D eigenvalue weighted by Crippen LogP contribution is -2.27. The number of benzene rings is 1. The summed E-state index contributed by atoms with van der Waals surface area (Å²) in [6.07, 6.45) is 1.50. The first kappa shape index (κ1) is 16.8. The fourth-order valence-electron chi connectivity index (χ4n) is 1.61. The van der Waals surface area contributed by atoms with Crippen LogP contribution in [0.15, 0.2) is 53.6 Å². The minimum Gasteiger partial charge on any atom is -0.484 e. The SMILES string of the molecule is CN(C)C(=O)COc1ccc(S(=O)(=O)Nc2ccccn2)cc1. The number of nitrogens with one attached hydrogen (secondary N) is 1. The number of aromatic nitrogens is 1. The van der Waals surface area contributed by atoms with Gasteiger partial charge in [0.05, 0.1) is 4.90 Å². The molecule has 23 heavy (non-hydrogen) atoms. The van der Waals surface area contributed by atoms with Crippen molar-refractivity contribution in [3.8, 4) is 5.75 Å². The van der Waals surface area contributed by atoms with Gasteiger partial charge in [0.2, 0.25) is 0 Å². The lowest BCUT2D eigenvalue weighted by Gasteiger charge is -2.12. The predicted octanol–water partition coefficient (Wildman–Crippen LogP) is 1.35. The van der Waals surface area contributed by atoms with E-state index in [2.05, 4.69) is 9.71 Å². The van der Waals surface area contributed by atoms with Crippen molar-refractivity contribution >= 4 is 21.7 Å². The number of hydrogen-bond donors (Lipinski definition) is 1. The molecule has 0 saturated heterocycles. The summed E-state index contributed by atoms with van der Waals surface area (Å²) in [5.41, 5.74) is 0. The highest BCUT2D eigenvalue weighted by molar-refractivity contribution is 7.92. The highest BCUT2D eigenvalue weighted by atomic mass is 32.2. The Morgan fingerprint density at radius 2 is 1.87 bits per heavy atom. The summed E-state index contributed by atoms with van der Waals surface area (Å²) in [7, 11) is -0.459. The van der Waals surface area contributed by atoms with Crippen molar-refractivity contribution in [2.24, 2.45) is 0 Å². The second kappa shape index (κ2) is 7.10. The maximum atomic E-state index is 12.2. The lowest BCUT2D eigenvalue weighted by atomic mass is 10.3. The zero-order valence-electron chi connectivity index (χ0n) is 12.8. The Kier molecular flexibility index (Phi) is 5.17. The normalized spacial score (nSPS) is 10.9. The zero-order chi connectivity index (χ0) is 16.9. The van der Waals surface area contributed by atoms with Crippen LogP contribution in [0.3, 0.4) is 0 Å². The Morgan fingerprint density at radius 3 is 2.43 bits per heavy atom. The minimum absolute atomic E-state index is 0.0782. The first-order valence-corrected chi connectivity index (χ1v) is 8.24. The number of likely N-dealkylation sites (N-methyl/N-ethyl adjacent to an activating group) is 1. The van der Waals surface area contributed by atoms with Crippen LogP contribution in [0.5, 0.6) is 5.75 Å². The maximum Gasteiger partial charge on any atom is 0.263 e. The Hall–Kier alpha value is -2.61. The third kappa shape index (κ3) is 4.68. The van der Waals surface area contributed by atoms with Gasteiger partial charge in [-0.15, -0.1) is 0 Å². The molecule has 2 rings (SSSR count). The molecular weight excluding hydrogens is 318 g/mol. The van der Waals surface area contributed by atoms with Gasteiger partial charge in [-0.25, -0.2) is 13.4 Å². The smallest absolute Gasteiger partial charge is 0.263 e. The molecule has 0 aliphatic heterocycles. The second-order valence-electron chi connectivity index (χ2n) is 4.87. The highest BCUT2D eigenvalue weighted by Crippen LogP contribution is 2.18. The van der Waals surface area contributed by atoms with Crippen LogP contribution < -0.4 is 9.46 Å². The van der Waals surface area contributed by atoms with E-state index in [1.54, 1.807) is 32.3 Å². The van der Waals surface area contributed by atoms with Gasteiger partial charge in [-0.1, -0.05) is 6.07 Å². The number of pyridine rings is 1. The predicted molar refractivity (Wildman–Crippen MR) is 85.7 cm³/mol. The average molecular weight is 335 g/mol. The molecule has 1 N–H and O–H groups in total. The molecule has 1 amide bonds. The molecule has 0 spiro atoms. The number of rotatable bonds is 6. The van der Waals surface area contributed by atoms with Crippen LogP contribution in [0.25, 0.3) is 0 Å². The Balaban J connectivity index is 2.05. The number of sulfonamides is 1. The van der Waals surface area contributed by atoms with E-state index in [-0.39, 0.29) is 23.2 Å². The van der Waals surface area contributed by atoms with Crippen LogP contribution in [-0.4, -0.2) is 44.9 Å². The number of carbonyl (C=O) groups excluding carboxylic acids is 1. The van der Waals surface area contributed by atoms with Crippen molar-refractivity contribution in [2.45, 2.75) is 4.90 Å². The number of ether oxygens (including phenoxy) is 1. The molecule has 0 saturated carbocycles. The fourth-order valence-corrected chi connectivity index (χ4v) is 2.62. The zero-order valence-corrected chi connectivity index (χ0v) is 13.6. The summed E-state index contributed by atoms with van der Waals surface area (Å²) in [6.45, 7) is -0.106. The Labute approximate surface area is 135 Å². The fraction of sp³-hybridized carbons (Fsp3) is 0.200. The van der Waals surface area contributed by atoms with E-state index in [1.807, 2.05) is 0 Å². The van der Waals surface area contributed by atoms with E-state index in [0.717, 1.165) is 0 Å². The Morgan fingerprint density at radius 1 is 1.17 bits per heavy atom. The first-order chi connectivity index (χ1) is 10.9. The molecule has 1 heterocycles. The summed E-state index contributed by atoms with van der Waals surface area (Å²) >= 11 is 0. The van der Waals surface area contributed by atoms with Gasteiger partial charge in [-0.2, -0.15) is 0 Å². The summed E-state index contributed by atoms with van der Waals surface area (Å²) in [4.78, 5) is 16.8. The van der Waals surface area contributed by atoms with Gasteiger partial charge >= 0.3 is 0 Å².